The van der Waals surface area contributed by atoms with Gasteiger partial charge in [0.1, 0.15) is 17.4 Å². The second-order valence-electron chi connectivity index (χ2n) is 7.38. The normalized spacial score (nSPS) is 23.1. The van der Waals surface area contributed by atoms with Crippen molar-refractivity contribution in [2.45, 2.75) is 52.1 Å². The number of nitrogens with zero attached hydrogens (tertiary/aromatic N) is 1. The molecule has 0 heterocycles. The minimum atomic E-state index is -0.808. The van der Waals surface area contributed by atoms with E-state index in [4.69, 9.17) is 9.47 Å². The average molecular weight is 344 g/mol. The molecule has 25 heavy (non-hydrogen) atoms. The van der Waals surface area contributed by atoms with Crippen molar-refractivity contribution < 1.29 is 14.3 Å². The Morgan fingerprint density at radius 2 is 2.24 bits per heavy atom. The lowest BCUT2D eigenvalue weighted by Crippen LogP contribution is -2.48. The number of carbonyl (C=O) groups excluding carboxylic acids is 1. The molecule has 1 amide bonds. The maximum Gasteiger partial charge on any atom is 0.256 e. The molecule has 1 aromatic rings. The van der Waals surface area contributed by atoms with Gasteiger partial charge in [0.15, 0.2) is 0 Å². The Hall–Kier alpha value is -2.06. The number of methoxy groups -OCH3 is 1. The second-order valence-corrected chi connectivity index (χ2v) is 7.38. The molecule has 1 N–H and O–H groups in total. The maximum atomic E-state index is 12.9. The fourth-order valence-electron chi connectivity index (χ4n) is 3.30. The SMILES string of the molecule is CO[C@]1(C(=O)Nc2ccc(OCC(C)C)cc2C#N)CCC[C@@H](C)C1. The Morgan fingerprint density at radius 1 is 1.48 bits per heavy atom. The monoisotopic (exact) mass is 344 g/mol. The molecule has 2 atom stereocenters. The molecule has 5 heteroatoms. The molecule has 0 aliphatic heterocycles. The van der Waals surface area contributed by atoms with Crippen molar-refractivity contribution in [3.05, 3.63) is 23.8 Å². The molecular formula is C20H28N2O3. The first kappa shape index (κ1) is 19.3. The minimum Gasteiger partial charge on any atom is -0.493 e. The van der Waals surface area contributed by atoms with E-state index in [1.165, 1.54) is 0 Å². The van der Waals surface area contributed by atoms with Crippen LogP contribution in [0.2, 0.25) is 0 Å². The standard InChI is InChI=1S/C20H28N2O3/c1-14(2)13-25-17-7-8-18(16(10-17)12-21)22-19(23)20(24-4)9-5-6-15(3)11-20/h7-8,10,14-15H,5-6,9,11,13H2,1-4H3,(H,22,23)/t15-,20-/m1/s1. The van der Waals surface area contributed by atoms with Crippen LogP contribution in [-0.2, 0) is 9.53 Å². The molecule has 1 saturated carbocycles. The highest BCUT2D eigenvalue weighted by Gasteiger charge is 2.42. The zero-order valence-electron chi connectivity index (χ0n) is 15.6. The third kappa shape index (κ3) is 4.73. The summed E-state index contributed by atoms with van der Waals surface area (Å²) in [5.74, 6) is 1.31. The van der Waals surface area contributed by atoms with Gasteiger partial charge in [0.25, 0.3) is 5.91 Å². The zero-order chi connectivity index (χ0) is 18.4. The van der Waals surface area contributed by atoms with E-state index in [1.54, 1.807) is 25.3 Å². The molecule has 1 aromatic carbocycles. The number of anilines is 1. The molecule has 136 valence electrons. The summed E-state index contributed by atoms with van der Waals surface area (Å²) in [4.78, 5) is 12.9. The van der Waals surface area contributed by atoms with Crippen LogP contribution in [0.1, 0.15) is 52.0 Å². The predicted molar refractivity (Wildman–Crippen MR) is 97.5 cm³/mol. The molecule has 1 fully saturated rings. The van der Waals surface area contributed by atoms with Crippen LogP contribution in [0, 0.1) is 23.2 Å². The highest BCUT2D eigenvalue weighted by Crippen LogP contribution is 2.36. The minimum absolute atomic E-state index is 0.172. The summed E-state index contributed by atoms with van der Waals surface area (Å²) in [6.45, 7) is 6.85. The van der Waals surface area contributed by atoms with Crippen molar-refractivity contribution in [2.24, 2.45) is 11.8 Å². The fourth-order valence-corrected chi connectivity index (χ4v) is 3.30. The van der Waals surface area contributed by atoms with Gasteiger partial charge in [-0.05, 0) is 49.3 Å². The van der Waals surface area contributed by atoms with Gasteiger partial charge in [0.05, 0.1) is 17.9 Å². The Balaban J connectivity index is 2.15. The van der Waals surface area contributed by atoms with Crippen LogP contribution >= 0.6 is 0 Å². The second kappa shape index (κ2) is 8.35. The summed E-state index contributed by atoms with van der Waals surface area (Å²) in [5, 5.41) is 12.3. The molecule has 0 bridgehead atoms. The molecule has 0 spiro atoms. The van der Waals surface area contributed by atoms with Crippen molar-refractivity contribution in [1.82, 2.24) is 0 Å². The smallest absolute Gasteiger partial charge is 0.256 e. The van der Waals surface area contributed by atoms with Gasteiger partial charge in [-0.15, -0.1) is 0 Å². The van der Waals surface area contributed by atoms with Gasteiger partial charge in [-0.3, -0.25) is 4.79 Å². The quantitative estimate of drug-likeness (QED) is 0.842. The van der Waals surface area contributed by atoms with E-state index in [0.717, 1.165) is 12.8 Å². The molecule has 0 radical (unpaired) electrons. The molecule has 0 unspecified atom stereocenters. The van der Waals surface area contributed by atoms with Gasteiger partial charge in [0.2, 0.25) is 0 Å². The van der Waals surface area contributed by atoms with Crippen molar-refractivity contribution in [1.29, 1.82) is 5.26 Å². The Labute approximate surface area is 150 Å². The van der Waals surface area contributed by atoms with E-state index in [-0.39, 0.29) is 5.91 Å². The summed E-state index contributed by atoms with van der Waals surface area (Å²) in [6.07, 6.45) is 3.49. The molecule has 0 aromatic heterocycles. The lowest BCUT2D eigenvalue weighted by molar-refractivity contribution is -0.143. The van der Waals surface area contributed by atoms with Gasteiger partial charge in [-0.2, -0.15) is 5.26 Å². The lowest BCUT2D eigenvalue weighted by Gasteiger charge is -2.37. The van der Waals surface area contributed by atoms with Gasteiger partial charge < -0.3 is 14.8 Å². The van der Waals surface area contributed by atoms with Crippen LogP contribution in [-0.4, -0.2) is 25.2 Å². The van der Waals surface area contributed by atoms with Crippen LogP contribution in [0.3, 0.4) is 0 Å². The Morgan fingerprint density at radius 3 is 2.84 bits per heavy atom. The Kier molecular flexibility index (Phi) is 6.44. The van der Waals surface area contributed by atoms with Gasteiger partial charge >= 0.3 is 0 Å². The van der Waals surface area contributed by atoms with E-state index < -0.39 is 5.60 Å². The summed E-state index contributed by atoms with van der Waals surface area (Å²) < 4.78 is 11.3. The number of hydrogen-bond acceptors (Lipinski definition) is 4. The molecule has 5 nitrogen and oxygen atoms in total. The van der Waals surface area contributed by atoms with E-state index in [0.29, 0.717) is 48.3 Å². The molecule has 1 aliphatic rings. The highest BCUT2D eigenvalue weighted by molar-refractivity contribution is 5.98. The van der Waals surface area contributed by atoms with Crippen molar-refractivity contribution >= 4 is 11.6 Å². The number of nitriles is 1. The van der Waals surface area contributed by atoms with Gasteiger partial charge in [0, 0.05) is 7.11 Å². The third-order valence-corrected chi connectivity index (χ3v) is 4.70. The molecule has 1 aliphatic carbocycles. The number of ether oxygens (including phenoxy) is 2. The molecular weight excluding hydrogens is 316 g/mol. The largest absolute Gasteiger partial charge is 0.493 e. The summed E-state index contributed by atoms with van der Waals surface area (Å²) in [5.41, 5.74) is 0.0840. The van der Waals surface area contributed by atoms with Crippen molar-refractivity contribution in [3.63, 3.8) is 0 Å². The first-order valence-corrected chi connectivity index (χ1v) is 8.93. The first-order chi connectivity index (χ1) is 11.9. The van der Waals surface area contributed by atoms with Crippen LogP contribution < -0.4 is 10.1 Å². The predicted octanol–water partition coefficient (Wildman–Crippen LogP) is 4.13. The summed E-state index contributed by atoms with van der Waals surface area (Å²) in [7, 11) is 1.59. The molecule has 2 rings (SSSR count). The van der Waals surface area contributed by atoms with E-state index in [9.17, 15) is 10.1 Å². The maximum absolute atomic E-state index is 12.9. The van der Waals surface area contributed by atoms with Gasteiger partial charge in [-0.1, -0.05) is 27.2 Å². The van der Waals surface area contributed by atoms with E-state index in [1.807, 2.05) is 0 Å². The van der Waals surface area contributed by atoms with E-state index in [2.05, 4.69) is 32.2 Å². The third-order valence-electron chi connectivity index (χ3n) is 4.70. The Bertz CT molecular complexity index is 651. The van der Waals surface area contributed by atoms with Gasteiger partial charge in [-0.25, -0.2) is 0 Å². The number of nitrogens with one attached hydrogen (secondary N) is 1. The fraction of sp³-hybridized carbons (Fsp3) is 0.600. The number of benzene rings is 1. The van der Waals surface area contributed by atoms with Crippen LogP contribution in [0.25, 0.3) is 0 Å². The number of rotatable bonds is 6. The van der Waals surface area contributed by atoms with Crippen molar-refractivity contribution in [2.75, 3.05) is 19.0 Å². The summed E-state index contributed by atoms with van der Waals surface area (Å²) in [6, 6.07) is 7.31. The van der Waals surface area contributed by atoms with Crippen molar-refractivity contribution in [3.8, 4) is 11.8 Å². The number of carbonyl (C=O) groups is 1. The van der Waals surface area contributed by atoms with E-state index >= 15 is 0 Å². The highest BCUT2D eigenvalue weighted by atomic mass is 16.5. The number of amides is 1. The average Bonchev–Trinajstić information content (AvgIpc) is 2.60. The lowest BCUT2D eigenvalue weighted by atomic mass is 9.78. The summed E-state index contributed by atoms with van der Waals surface area (Å²) >= 11 is 0. The van der Waals surface area contributed by atoms with Crippen LogP contribution in [0.15, 0.2) is 18.2 Å². The van der Waals surface area contributed by atoms with Crippen LogP contribution in [0.4, 0.5) is 5.69 Å². The first-order valence-electron chi connectivity index (χ1n) is 8.93. The topological polar surface area (TPSA) is 71.3 Å². The van der Waals surface area contributed by atoms with Crippen LogP contribution in [0.5, 0.6) is 5.75 Å². The number of hydrogen-bond donors (Lipinski definition) is 1. The zero-order valence-corrected chi connectivity index (χ0v) is 15.6. The molecule has 0 saturated heterocycles.